The molecule has 108 valence electrons. The molecule has 0 unspecified atom stereocenters. The minimum Gasteiger partial charge on any atom is -0.311 e. The Balaban J connectivity index is 2.08. The molecule has 0 aliphatic rings. The SMILES string of the molecule is CN(C)CCNCc1cn[nH]c1-c1ccc(Cl)cc1Cl. The monoisotopic (exact) mass is 312 g/mol. The topological polar surface area (TPSA) is 44.0 Å². The first-order valence-corrected chi connectivity index (χ1v) is 7.16. The largest absolute Gasteiger partial charge is 0.311 e. The summed E-state index contributed by atoms with van der Waals surface area (Å²) in [6.07, 6.45) is 1.82. The van der Waals surface area contributed by atoms with E-state index in [9.17, 15) is 0 Å². The molecular formula is C14H18Cl2N4. The van der Waals surface area contributed by atoms with Crippen LogP contribution in [-0.4, -0.2) is 42.3 Å². The molecular weight excluding hydrogens is 295 g/mol. The van der Waals surface area contributed by atoms with Crippen molar-refractivity contribution >= 4 is 23.2 Å². The fourth-order valence-electron chi connectivity index (χ4n) is 1.90. The number of hydrogen-bond donors (Lipinski definition) is 2. The molecule has 2 rings (SSSR count). The number of hydrogen-bond acceptors (Lipinski definition) is 3. The third kappa shape index (κ3) is 3.96. The second kappa shape index (κ2) is 7.09. The van der Waals surface area contributed by atoms with E-state index in [0.29, 0.717) is 10.0 Å². The lowest BCUT2D eigenvalue weighted by molar-refractivity contribution is 0.400. The Morgan fingerprint density at radius 2 is 2.10 bits per heavy atom. The lowest BCUT2D eigenvalue weighted by Crippen LogP contribution is -2.26. The zero-order chi connectivity index (χ0) is 14.5. The maximum Gasteiger partial charge on any atom is 0.0710 e. The average Bonchev–Trinajstić information content (AvgIpc) is 2.82. The van der Waals surface area contributed by atoms with Crippen molar-refractivity contribution in [2.75, 3.05) is 27.2 Å². The van der Waals surface area contributed by atoms with Crippen molar-refractivity contribution in [1.29, 1.82) is 0 Å². The summed E-state index contributed by atoms with van der Waals surface area (Å²) in [4.78, 5) is 2.14. The molecule has 0 bridgehead atoms. The Morgan fingerprint density at radius 3 is 2.80 bits per heavy atom. The van der Waals surface area contributed by atoms with Crippen LogP contribution in [-0.2, 0) is 6.54 Å². The number of rotatable bonds is 6. The molecule has 1 aromatic heterocycles. The number of nitrogens with one attached hydrogen (secondary N) is 2. The third-order valence-corrected chi connectivity index (χ3v) is 3.52. The van der Waals surface area contributed by atoms with E-state index in [1.165, 1.54) is 0 Å². The van der Waals surface area contributed by atoms with Crippen molar-refractivity contribution in [3.8, 4) is 11.3 Å². The molecule has 0 aliphatic heterocycles. The van der Waals surface area contributed by atoms with Gasteiger partial charge in [0.25, 0.3) is 0 Å². The normalized spacial score (nSPS) is 11.2. The molecule has 2 N–H and O–H groups in total. The maximum atomic E-state index is 6.24. The Bertz CT molecular complexity index is 566. The van der Waals surface area contributed by atoms with E-state index in [2.05, 4.69) is 34.5 Å². The van der Waals surface area contributed by atoms with E-state index in [4.69, 9.17) is 23.2 Å². The van der Waals surface area contributed by atoms with Gasteiger partial charge in [-0.25, -0.2) is 0 Å². The fraction of sp³-hybridized carbons (Fsp3) is 0.357. The molecule has 1 heterocycles. The first-order valence-electron chi connectivity index (χ1n) is 6.41. The zero-order valence-electron chi connectivity index (χ0n) is 11.6. The first kappa shape index (κ1) is 15.3. The van der Waals surface area contributed by atoms with Crippen molar-refractivity contribution in [3.05, 3.63) is 40.0 Å². The number of nitrogens with zero attached hydrogens (tertiary/aromatic N) is 2. The highest BCUT2D eigenvalue weighted by Gasteiger charge is 2.11. The van der Waals surface area contributed by atoms with Gasteiger partial charge in [-0.1, -0.05) is 23.2 Å². The van der Waals surface area contributed by atoms with Crippen LogP contribution in [0.5, 0.6) is 0 Å². The van der Waals surface area contributed by atoms with Crippen molar-refractivity contribution in [1.82, 2.24) is 20.4 Å². The zero-order valence-corrected chi connectivity index (χ0v) is 13.1. The van der Waals surface area contributed by atoms with Gasteiger partial charge in [0.1, 0.15) is 0 Å². The molecule has 2 aromatic rings. The van der Waals surface area contributed by atoms with Crippen molar-refractivity contribution < 1.29 is 0 Å². The highest BCUT2D eigenvalue weighted by atomic mass is 35.5. The van der Waals surface area contributed by atoms with Gasteiger partial charge in [-0.2, -0.15) is 5.10 Å². The molecule has 0 saturated heterocycles. The number of H-pyrrole nitrogens is 1. The second-order valence-corrected chi connectivity index (χ2v) is 5.72. The lowest BCUT2D eigenvalue weighted by atomic mass is 10.1. The molecule has 20 heavy (non-hydrogen) atoms. The van der Waals surface area contributed by atoms with Crippen LogP contribution >= 0.6 is 23.2 Å². The van der Waals surface area contributed by atoms with Crippen LogP contribution in [0, 0.1) is 0 Å². The predicted octanol–water partition coefficient (Wildman–Crippen LogP) is 3.03. The summed E-state index contributed by atoms with van der Waals surface area (Å²) in [5.74, 6) is 0. The van der Waals surface area contributed by atoms with Crippen molar-refractivity contribution in [2.24, 2.45) is 0 Å². The van der Waals surface area contributed by atoms with Gasteiger partial charge in [0, 0.05) is 35.8 Å². The molecule has 0 aliphatic carbocycles. The number of likely N-dealkylation sites (N-methyl/N-ethyl adjacent to an activating group) is 1. The molecule has 4 nitrogen and oxygen atoms in total. The maximum absolute atomic E-state index is 6.24. The lowest BCUT2D eigenvalue weighted by Gasteiger charge is -2.11. The van der Waals surface area contributed by atoms with Crippen LogP contribution < -0.4 is 5.32 Å². The third-order valence-electron chi connectivity index (χ3n) is 2.97. The summed E-state index contributed by atoms with van der Waals surface area (Å²) >= 11 is 12.2. The van der Waals surface area contributed by atoms with Crippen LogP contribution in [0.2, 0.25) is 10.0 Å². The summed E-state index contributed by atoms with van der Waals surface area (Å²) in [5, 5.41) is 11.8. The molecule has 0 fully saturated rings. The Kier molecular flexibility index (Phi) is 5.43. The minimum atomic E-state index is 0.622. The molecule has 0 spiro atoms. The van der Waals surface area contributed by atoms with E-state index < -0.39 is 0 Å². The smallest absolute Gasteiger partial charge is 0.0710 e. The van der Waals surface area contributed by atoms with Gasteiger partial charge < -0.3 is 10.2 Å². The van der Waals surface area contributed by atoms with Gasteiger partial charge in [0.15, 0.2) is 0 Å². The van der Waals surface area contributed by atoms with Crippen LogP contribution in [0.4, 0.5) is 0 Å². The van der Waals surface area contributed by atoms with Crippen molar-refractivity contribution in [3.63, 3.8) is 0 Å². The molecule has 0 atom stereocenters. The number of halogens is 2. The van der Waals surface area contributed by atoms with Crippen LogP contribution in [0.25, 0.3) is 11.3 Å². The van der Waals surface area contributed by atoms with E-state index >= 15 is 0 Å². The molecule has 1 aromatic carbocycles. The van der Waals surface area contributed by atoms with Gasteiger partial charge >= 0.3 is 0 Å². The first-order chi connectivity index (χ1) is 9.58. The summed E-state index contributed by atoms with van der Waals surface area (Å²) in [7, 11) is 4.11. The standard InChI is InChI=1S/C14H18Cl2N4/c1-20(2)6-5-17-8-10-9-18-19-14(10)12-4-3-11(15)7-13(12)16/h3-4,7,9,17H,5-6,8H2,1-2H3,(H,18,19). The van der Waals surface area contributed by atoms with Gasteiger partial charge in [-0.15, -0.1) is 0 Å². The Hall–Kier alpha value is -1.07. The van der Waals surface area contributed by atoms with E-state index in [-0.39, 0.29) is 0 Å². The number of aromatic amines is 1. The van der Waals surface area contributed by atoms with E-state index in [1.807, 2.05) is 18.3 Å². The van der Waals surface area contributed by atoms with E-state index in [1.54, 1.807) is 6.07 Å². The van der Waals surface area contributed by atoms with Gasteiger partial charge in [0.05, 0.1) is 16.9 Å². The van der Waals surface area contributed by atoms with Gasteiger partial charge in [0.2, 0.25) is 0 Å². The molecule has 0 radical (unpaired) electrons. The second-order valence-electron chi connectivity index (χ2n) is 4.87. The minimum absolute atomic E-state index is 0.622. The summed E-state index contributed by atoms with van der Waals surface area (Å²) in [5.41, 5.74) is 2.94. The Morgan fingerprint density at radius 1 is 1.30 bits per heavy atom. The Labute approximate surface area is 129 Å². The quantitative estimate of drug-likeness (QED) is 0.806. The van der Waals surface area contributed by atoms with E-state index in [0.717, 1.165) is 36.5 Å². The van der Waals surface area contributed by atoms with Crippen LogP contribution in [0.3, 0.4) is 0 Å². The summed E-state index contributed by atoms with van der Waals surface area (Å²) < 4.78 is 0. The van der Waals surface area contributed by atoms with Crippen LogP contribution in [0.15, 0.2) is 24.4 Å². The molecule has 0 saturated carbocycles. The number of benzene rings is 1. The molecule has 6 heteroatoms. The van der Waals surface area contributed by atoms with Gasteiger partial charge in [-0.05, 0) is 32.3 Å². The van der Waals surface area contributed by atoms with Gasteiger partial charge in [-0.3, -0.25) is 5.10 Å². The highest BCUT2D eigenvalue weighted by Crippen LogP contribution is 2.30. The predicted molar refractivity (Wildman–Crippen MR) is 84.3 cm³/mol. The number of aromatic nitrogens is 2. The average molecular weight is 313 g/mol. The highest BCUT2D eigenvalue weighted by molar-refractivity contribution is 6.36. The fourth-order valence-corrected chi connectivity index (χ4v) is 2.40. The van der Waals surface area contributed by atoms with Crippen LogP contribution in [0.1, 0.15) is 5.56 Å². The summed E-state index contributed by atoms with van der Waals surface area (Å²) in [6, 6.07) is 5.47. The molecule has 0 amide bonds. The van der Waals surface area contributed by atoms with Crippen molar-refractivity contribution in [2.45, 2.75) is 6.54 Å². The summed E-state index contributed by atoms with van der Waals surface area (Å²) in [6.45, 7) is 2.67.